The van der Waals surface area contributed by atoms with Gasteiger partial charge in [-0.05, 0) is 96.8 Å². The average Bonchev–Trinajstić information content (AvgIpc) is 3.13. The quantitative estimate of drug-likeness (QED) is 0.0913. The van der Waals surface area contributed by atoms with Crippen LogP contribution in [0.25, 0.3) is 6.08 Å². The summed E-state index contributed by atoms with van der Waals surface area (Å²) in [4.78, 5) is 41.2. The molecule has 248 valence electrons. The van der Waals surface area contributed by atoms with Crippen molar-refractivity contribution in [1.29, 1.82) is 0 Å². The minimum Gasteiger partial charge on any atom is -0.493 e. The van der Waals surface area contributed by atoms with Crippen LogP contribution < -0.4 is 25.4 Å². The molecule has 0 aliphatic carbocycles. The van der Waals surface area contributed by atoms with E-state index in [2.05, 4.69) is 16.0 Å². The van der Waals surface area contributed by atoms with Crippen LogP contribution in [0.3, 0.4) is 0 Å². The number of carbonyl (C=O) groups is 3. The van der Waals surface area contributed by atoms with Crippen LogP contribution >= 0.6 is 11.8 Å². The van der Waals surface area contributed by atoms with Crippen molar-refractivity contribution in [2.45, 2.75) is 24.0 Å². The van der Waals surface area contributed by atoms with Gasteiger partial charge < -0.3 is 25.4 Å². The van der Waals surface area contributed by atoms with Crippen molar-refractivity contribution in [3.05, 3.63) is 155 Å². The van der Waals surface area contributed by atoms with Crippen LogP contribution in [-0.2, 0) is 9.59 Å². The molecule has 0 spiro atoms. The molecule has 5 aromatic carbocycles. The fraction of sp³-hybridized carbons (Fsp3) is 0.125. The first-order valence-corrected chi connectivity index (χ1v) is 16.4. The average molecular weight is 672 g/mol. The summed E-state index contributed by atoms with van der Waals surface area (Å²) in [5, 5.41) is 8.22. The first-order chi connectivity index (χ1) is 23.7. The van der Waals surface area contributed by atoms with Crippen molar-refractivity contribution in [3.8, 4) is 11.5 Å². The predicted octanol–water partition coefficient (Wildman–Crippen LogP) is 8.20. The molecule has 1 unspecified atom stereocenters. The molecule has 0 aliphatic rings. The van der Waals surface area contributed by atoms with Crippen LogP contribution in [0.2, 0.25) is 0 Å². The Morgan fingerprint density at radius 3 is 2.06 bits per heavy atom. The van der Waals surface area contributed by atoms with Gasteiger partial charge in [0, 0.05) is 21.8 Å². The molecule has 5 rings (SSSR count). The fourth-order valence-corrected chi connectivity index (χ4v) is 6.00. The number of benzene rings is 5. The second-order valence-corrected chi connectivity index (χ2v) is 12.4. The number of methoxy groups -OCH3 is 2. The standard InChI is InChI=1S/C40H37N3O5S/c1-26-15-16-27(2)33(23-26)42-40(46)37(29-11-7-5-8-12-29)49-32-20-18-31(19-21-32)41-39(45)34(43-38(44)30-13-9-6-10-14-30)24-28-17-22-35(47-3)36(25-28)48-4/h5-25,37H,1-4H3,(H,41,45)(H,42,46)(H,43,44)/b34-24-. The van der Waals surface area contributed by atoms with Crippen molar-refractivity contribution >= 4 is 46.9 Å². The van der Waals surface area contributed by atoms with E-state index in [1.54, 1.807) is 67.8 Å². The van der Waals surface area contributed by atoms with Crippen molar-refractivity contribution in [2.75, 3.05) is 24.9 Å². The smallest absolute Gasteiger partial charge is 0.272 e. The molecule has 3 amide bonds. The van der Waals surface area contributed by atoms with Gasteiger partial charge in [-0.2, -0.15) is 0 Å². The summed E-state index contributed by atoms with van der Waals surface area (Å²) in [7, 11) is 3.07. The second kappa shape index (κ2) is 16.3. The number of nitrogens with one attached hydrogen (secondary N) is 3. The zero-order chi connectivity index (χ0) is 34.8. The minimum atomic E-state index is -0.522. The lowest BCUT2D eigenvalue weighted by atomic mass is 10.1. The van der Waals surface area contributed by atoms with E-state index in [9.17, 15) is 14.4 Å². The summed E-state index contributed by atoms with van der Waals surface area (Å²) >= 11 is 1.41. The maximum atomic E-state index is 13.6. The molecule has 0 aliphatic heterocycles. The minimum absolute atomic E-state index is 0.0341. The molecule has 0 aromatic heterocycles. The Morgan fingerprint density at radius 2 is 1.39 bits per heavy atom. The van der Waals surface area contributed by atoms with Gasteiger partial charge in [-0.25, -0.2) is 0 Å². The Kier molecular flexibility index (Phi) is 11.5. The van der Waals surface area contributed by atoms with E-state index in [-0.39, 0.29) is 11.6 Å². The van der Waals surface area contributed by atoms with Gasteiger partial charge in [-0.3, -0.25) is 14.4 Å². The Balaban J connectivity index is 1.36. The molecule has 9 heteroatoms. The molecule has 0 bridgehead atoms. The van der Waals surface area contributed by atoms with Crippen LogP contribution in [0, 0.1) is 13.8 Å². The Hall–Kier alpha value is -5.80. The first kappa shape index (κ1) is 34.5. The molecule has 3 N–H and O–H groups in total. The van der Waals surface area contributed by atoms with Crippen molar-refractivity contribution < 1.29 is 23.9 Å². The Morgan fingerprint density at radius 1 is 0.714 bits per heavy atom. The molecular formula is C40H37N3O5S. The normalized spacial score (nSPS) is 11.6. The summed E-state index contributed by atoms with van der Waals surface area (Å²) in [5.41, 5.74) is 5.26. The van der Waals surface area contributed by atoms with Gasteiger partial charge in [-0.15, -0.1) is 11.8 Å². The van der Waals surface area contributed by atoms with Gasteiger partial charge in [0.05, 0.1) is 14.2 Å². The number of hydrogen-bond acceptors (Lipinski definition) is 6. The number of anilines is 2. The van der Waals surface area contributed by atoms with Gasteiger partial charge in [0.2, 0.25) is 5.91 Å². The summed E-state index contributed by atoms with van der Waals surface area (Å²) in [6, 6.07) is 36.7. The molecule has 0 heterocycles. The highest BCUT2D eigenvalue weighted by Crippen LogP contribution is 2.37. The molecule has 0 radical (unpaired) electrons. The third-order valence-electron chi connectivity index (χ3n) is 7.60. The van der Waals surface area contributed by atoms with Gasteiger partial charge >= 0.3 is 0 Å². The highest BCUT2D eigenvalue weighted by atomic mass is 32.2. The van der Waals surface area contributed by atoms with Crippen LogP contribution in [0.4, 0.5) is 11.4 Å². The van der Waals surface area contributed by atoms with Gasteiger partial charge in [0.1, 0.15) is 10.9 Å². The number of carbonyl (C=O) groups excluding carboxylic acids is 3. The summed E-state index contributed by atoms with van der Waals surface area (Å²) < 4.78 is 10.8. The van der Waals surface area contributed by atoms with Crippen molar-refractivity contribution in [1.82, 2.24) is 5.32 Å². The van der Waals surface area contributed by atoms with Gasteiger partial charge in [0.25, 0.3) is 11.8 Å². The highest BCUT2D eigenvalue weighted by Gasteiger charge is 2.23. The number of ether oxygens (including phenoxy) is 2. The monoisotopic (exact) mass is 671 g/mol. The molecule has 49 heavy (non-hydrogen) atoms. The Labute approximate surface area is 290 Å². The van der Waals surface area contributed by atoms with E-state index in [1.165, 1.54) is 18.9 Å². The lowest BCUT2D eigenvalue weighted by Crippen LogP contribution is -2.30. The van der Waals surface area contributed by atoms with Crippen LogP contribution in [0.1, 0.15) is 37.9 Å². The van der Waals surface area contributed by atoms with Gasteiger partial charge in [0.15, 0.2) is 11.5 Å². The van der Waals surface area contributed by atoms with Crippen LogP contribution in [0.5, 0.6) is 11.5 Å². The number of rotatable bonds is 12. The van der Waals surface area contributed by atoms with E-state index in [4.69, 9.17) is 9.47 Å². The SMILES string of the molecule is COc1ccc(/C=C(\NC(=O)c2ccccc2)C(=O)Nc2ccc(SC(C(=O)Nc3cc(C)ccc3C)c3ccccc3)cc2)cc1OC. The van der Waals surface area contributed by atoms with E-state index >= 15 is 0 Å². The third kappa shape index (κ3) is 9.18. The number of hydrogen-bond donors (Lipinski definition) is 3. The van der Waals surface area contributed by atoms with E-state index in [0.717, 1.165) is 27.3 Å². The summed E-state index contributed by atoms with van der Waals surface area (Å²) in [5.74, 6) is -0.0691. The molecule has 0 fully saturated rings. The fourth-order valence-electron chi connectivity index (χ4n) is 4.97. The second-order valence-electron chi connectivity index (χ2n) is 11.2. The van der Waals surface area contributed by atoms with E-state index in [0.29, 0.717) is 28.3 Å². The predicted molar refractivity (Wildman–Crippen MR) is 196 cm³/mol. The third-order valence-corrected chi connectivity index (χ3v) is 8.87. The largest absolute Gasteiger partial charge is 0.493 e. The molecule has 5 aromatic rings. The molecule has 0 saturated heterocycles. The summed E-state index contributed by atoms with van der Waals surface area (Å²) in [6.07, 6.45) is 1.57. The molecular weight excluding hydrogens is 635 g/mol. The van der Waals surface area contributed by atoms with E-state index < -0.39 is 17.1 Å². The first-order valence-electron chi connectivity index (χ1n) is 15.6. The Bertz CT molecular complexity index is 1960. The summed E-state index contributed by atoms with van der Waals surface area (Å²) in [6.45, 7) is 3.96. The number of thioether (sulfide) groups is 1. The zero-order valence-corrected chi connectivity index (χ0v) is 28.5. The maximum absolute atomic E-state index is 13.6. The molecule has 0 saturated carbocycles. The number of amides is 3. The maximum Gasteiger partial charge on any atom is 0.272 e. The van der Waals surface area contributed by atoms with Crippen LogP contribution in [-0.4, -0.2) is 31.9 Å². The van der Waals surface area contributed by atoms with Gasteiger partial charge in [-0.1, -0.05) is 66.7 Å². The lowest BCUT2D eigenvalue weighted by Gasteiger charge is -2.18. The zero-order valence-electron chi connectivity index (χ0n) is 27.7. The number of aryl methyl sites for hydroxylation is 2. The van der Waals surface area contributed by atoms with Crippen LogP contribution in [0.15, 0.2) is 132 Å². The molecule has 1 atom stereocenters. The topological polar surface area (TPSA) is 106 Å². The highest BCUT2D eigenvalue weighted by molar-refractivity contribution is 8.00. The molecule has 8 nitrogen and oxygen atoms in total. The van der Waals surface area contributed by atoms with Crippen molar-refractivity contribution in [2.24, 2.45) is 0 Å². The van der Waals surface area contributed by atoms with Crippen molar-refractivity contribution in [3.63, 3.8) is 0 Å². The van der Waals surface area contributed by atoms with E-state index in [1.807, 2.05) is 80.6 Å². The lowest BCUT2D eigenvalue weighted by molar-refractivity contribution is -0.116.